The topological polar surface area (TPSA) is 73.8 Å². The van der Waals surface area contributed by atoms with E-state index in [9.17, 15) is 0 Å². The maximum Gasteiger partial charge on any atom is 0.252 e. The molecule has 0 saturated carbocycles. The summed E-state index contributed by atoms with van der Waals surface area (Å²) in [5, 5.41) is 8.92. The van der Waals surface area contributed by atoms with Crippen molar-refractivity contribution in [3.05, 3.63) is 65.8 Å². The zero-order valence-corrected chi connectivity index (χ0v) is 15.2. The van der Waals surface area contributed by atoms with Crippen molar-refractivity contribution in [2.24, 2.45) is 5.92 Å². The number of fused-ring (bicyclic) bond motifs is 1. The average molecular weight is 347 g/mol. The normalized spacial score (nSPS) is 11.5. The molecule has 0 saturated heterocycles. The second kappa shape index (κ2) is 6.67. The van der Waals surface area contributed by atoms with Gasteiger partial charge in [-0.3, -0.25) is 0 Å². The minimum Gasteiger partial charge on any atom is -0.219 e. The van der Waals surface area contributed by atoms with Crippen LogP contribution in [0.25, 0.3) is 11.5 Å². The summed E-state index contributed by atoms with van der Waals surface area (Å²) in [6.07, 6.45) is 6.74. The third kappa shape index (κ3) is 3.33. The summed E-state index contributed by atoms with van der Waals surface area (Å²) in [4.78, 5) is 13.2. The fourth-order valence-electron chi connectivity index (χ4n) is 2.96. The first-order chi connectivity index (χ1) is 12.6. The molecule has 0 amide bonds. The summed E-state index contributed by atoms with van der Waals surface area (Å²) in [5.74, 6) is 2.86. The van der Waals surface area contributed by atoms with Crippen LogP contribution in [0.1, 0.15) is 36.6 Å². The number of nitrogens with zero attached hydrogens (tertiary/aromatic N) is 7. The van der Waals surface area contributed by atoms with Crippen LogP contribution in [0.3, 0.4) is 0 Å². The molecule has 0 atom stereocenters. The Kier molecular flexibility index (Phi) is 4.20. The monoisotopic (exact) mass is 347 g/mol. The molecule has 26 heavy (non-hydrogen) atoms. The van der Waals surface area contributed by atoms with Gasteiger partial charge in [0, 0.05) is 25.2 Å². The minimum absolute atomic E-state index is 0.504. The summed E-state index contributed by atoms with van der Waals surface area (Å²) < 4.78 is 3.62. The van der Waals surface area contributed by atoms with Crippen molar-refractivity contribution in [2.75, 3.05) is 0 Å². The number of aryl methyl sites for hydroxylation is 1. The highest BCUT2D eigenvalue weighted by Gasteiger charge is 2.14. The molecule has 132 valence electrons. The van der Waals surface area contributed by atoms with Gasteiger partial charge in [-0.25, -0.2) is 19.2 Å². The Hall–Kier alpha value is -3.09. The van der Waals surface area contributed by atoms with Crippen molar-refractivity contribution in [3.8, 4) is 5.69 Å². The summed E-state index contributed by atoms with van der Waals surface area (Å²) in [6.45, 7) is 6.43. The average Bonchev–Trinajstić information content (AvgIpc) is 3.21. The van der Waals surface area contributed by atoms with E-state index in [1.807, 2.05) is 23.1 Å². The molecule has 3 aromatic heterocycles. The fraction of sp³-hybridized carbons (Fsp3) is 0.316. The van der Waals surface area contributed by atoms with Crippen LogP contribution in [0.2, 0.25) is 0 Å². The van der Waals surface area contributed by atoms with Crippen molar-refractivity contribution >= 4 is 5.78 Å². The molecule has 0 aliphatic carbocycles. The smallest absolute Gasteiger partial charge is 0.219 e. The third-order valence-electron chi connectivity index (χ3n) is 4.11. The lowest BCUT2D eigenvalue weighted by atomic mass is 10.1. The fourth-order valence-corrected chi connectivity index (χ4v) is 2.96. The highest BCUT2D eigenvalue weighted by atomic mass is 15.4. The van der Waals surface area contributed by atoms with Gasteiger partial charge in [0.05, 0.1) is 5.69 Å². The van der Waals surface area contributed by atoms with Gasteiger partial charge in [0.25, 0.3) is 5.78 Å². The molecule has 7 nitrogen and oxygen atoms in total. The molecular weight excluding hydrogens is 326 g/mol. The van der Waals surface area contributed by atoms with Crippen molar-refractivity contribution in [2.45, 2.75) is 33.6 Å². The van der Waals surface area contributed by atoms with E-state index in [4.69, 9.17) is 10.1 Å². The highest BCUT2D eigenvalue weighted by Crippen LogP contribution is 2.16. The van der Waals surface area contributed by atoms with Crippen LogP contribution in [0, 0.1) is 12.8 Å². The third-order valence-corrected chi connectivity index (χ3v) is 4.11. The van der Waals surface area contributed by atoms with Gasteiger partial charge in [-0.1, -0.05) is 26.0 Å². The Labute approximate surface area is 151 Å². The Morgan fingerprint density at radius 3 is 2.85 bits per heavy atom. The molecule has 0 spiro atoms. The number of aromatic nitrogens is 7. The highest BCUT2D eigenvalue weighted by molar-refractivity contribution is 5.36. The first kappa shape index (κ1) is 16.4. The first-order valence-electron chi connectivity index (χ1n) is 8.74. The van der Waals surface area contributed by atoms with Crippen LogP contribution in [-0.2, 0) is 12.8 Å². The summed E-state index contributed by atoms with van der Waals surface area (Å²) >= 11 is 0. The zero-order chi connectivity index (χ0) is 18.1. The Morgan fingerprint density at radius 1 is 1.15 bits per heavy atom. The maximum atomic E-state index is 4.80. The lowest BCUT2D eigenvalue weighted by Crippen LogP contribution is -2.05. The van der Waals surface area contributed by atoms with Crippen LogP contribution in [0.15, 0.2) is 43.0 Å². The van der Waals surface area contributed by atoms with E-state index in [0.717, 1.165) is 29.3 Å². The molecule has 0 unspecified atom stereocenters. The Balaban J connectivity index is 1.74. The zero-order valence-electron chi connectivity index (χ0n) is 15.2. The molecule has 0 aliphatic rings. The van der Waals surface area contributed by atoms with Crippen molar-refractivity contribution in [1.29, 1.82) is 0 Å². The van der Waals surface area contributed by atoms with E-state index >= 15 is 0 Å². The number of rotatable bonds is 5. The summed E-state index contributed by atoms with van der Waals surface area (Å²) in [6, 6.07) is 8.30. The van der Waals surface area contributed by atoms with Crippen molar-refractivity contribution in [3.63, 3.8) is 0 Å². The summed E-state index contributed by atoms with van der Waals surface area (Å²) in [7, 11) is 0. The van der Waals surface area contributed by atoms with Crippen LogP contribution in [0.4, 0.5) is 0 Å². The molecule has 7 heteroatoms. The van der Waals surface area contributed by atoms with E-state index in [-0.39, 0.29) is 0 Å². The van der Waals surface area contributed by atoms with Gasteiger partial charge < -0.3 is 0 Å². The second-order valence-corrected chi connectivity index (χ2v) is 6.94. The predicted molar refractivity (Wildman–Crippen MR) is 98.2 cm³/mol. The lowest BCUT2D eigenvalue weighted by molar-refractivity contribution is 0.618. The molecule has 0 fully saturated rings. The van der Waals surface area contributed by atoms with Crippen LogP contribution >= 0.6 is 0 Å². The lowest BCUT2D eigenvalue weighted by Gasteiger charge is -2.07. The standard InChI is InChI=1S/C19H21N7/c1-13(2)7-17-23-18(26(24-17)16-6-4-5-14(3)8-16)9-15-10-20-19-21-12-22-25(19)11-15/h4-6,8,10-13H,7,9H2,1-3H3. The summed E-state index contributed by atoms with van der Waals surface area (Å²) in [5.41, 5.74) is 3.23. The molecule has 1 aromatic carbocycles. The molecule has 4 rings (SSSR count). The maximum absolute atomic E-state index is 4.80. The van der Waals surface area contributed by atoms with E-state index in [0.29, 0.717) is 18.1 Å². The molecule has 3 heterocycles. The quantitative estimate of drug-likeness (QED) is 0.555. The number of hydrogen-bond donors (Lipinski definition) is 0. The Morgan fingerprint density at radius 2 is 2.04 bits per heavy atom. The van der Waals surface area contributed by atoms with Crippen LogP contribution in [-0.4, -0.2) is 34.3 Å². The molecule has 0 radical (unpaired) electrons. The molecule has 4 aromatic rings. The molecule has 0 aliphatic heterocycles. The largest absolute Gasteiger partial charge is 0.252 e. The number of benzene rings is 1. The van der Waals surface area contributed by atoms with Crippen molar-refractivity contribution < 1.29 is 0 Å². The predicted octanol–water partition coefficient (Wildman–Crippen LogP) is 2.80. The van der Waals surface area contributed by atoms with Gasteiger partial charge in [0.2, 0.25) is 0 Å². The van der Waals surface area contributed by atoms with Gasteiger partial charge in [-0.05, 0) is 36.1 Å². The second-order valence-electron chi connectivity index (χ2n) is 6.94. The van der Waals surface area contributed by atoms with E-state index in [1.165, 1.54) is 11.9 Å². The van der Waals surface area contributed by atoms with Crippen molar-refractivity contribution in [1.82, 2.24) is 34.3 Å². The van der Waals surface area contributed by atoms with E-state index in [1.54, 1.807) is 4.52 Å². The minimum atomic E-state index is 0.504. The Bertz CT molecular complexity index is 1040. The molecule has 0 N–H and O–H groups in total. The van der Waals surface area contributed by atoms with Gasteiger partial charge in [-0.2, -0.15) is 15.2 Å². The first-order valence-corrected chi connectivity index (χ1v) is 8.74. The van der Waals surface area contributed by atoms with Gasteiger partial charge >= 0.3 is 0 Å². The van der Waals surface area contributed by atoms with E-state index < -0.39 is 0 Å². The SMILES string of the molecule is Cc1cccc(-n2nc(CC(C)C)nc2Cc2cnc3ncnn3c2)c1. The van der Waals surface area contributed by atoms with Gasteiger partial charge in [-0.15, -0.1) is 0 Å². The van der Waals surface area contributed by atoms with Crippen LogP contribution < -0.4 is 0 Å². The van der Waals surface area contributed by atoms with Gasteiger partial charge in [0.1, 0.15) is 12.2 Å². The molecule has 0 bridgehead atoms. The van der Waals surface area contributed by atoms with Gasteiger partial charge in [0.15, 0.2) is 5.82 Å². The van der Waals surface area contributed by atoms with E-state index in [2.05, 4.69) is 54.0 Å². The molecular formula is C19H21N7. The number of hydrogen-bond acceptors (Lipinski definition) is 5. The van der Waals surface area contributed by atoms with Crippen LogP contribution in [0.5, 0.6) is 0 Å².